The van der Waals surface area contributed by atoms with Gasteiger partial charge in [-0.1, -0.05) is 6.08 Å². The van der Waals surface area contributed by atoms with Crippen molar-refractivity contribution in [1.82, 2.24) is 9.97 Å². The highest BCUT2D eigenvalue weighted by molar-refractivity contribution is 5.42. The minimum atomic E-state index is 0.290. The van der Waals surface area contributed by atoms with Crippen LogP contribution in [0.25, 0.3) is 0 Å². The van der Waals surface area contributed by atoms with Gasteiger partial charge in [0.1, 0.15) is 5.82 Å². The Morgan fingerprint density at radius 2 is 2.39 bits per heavy atom. The van der Waals surface area contributed by atoms with Crippen molar-refractivity contribution < 1.29 is 4.74 Å². The van der Waals surface area contributed by atoms with E-state index in [0.717, 1.165) is 37.5 Å². The van der Waals surface area contributed by atoms with E-state index in [4.69, 9.17) is 4.74 Å². The van der Waals surface area contributed by atoms with Crippen molar-refractivity contribution in [2.24, 2.45) is 0 Å². The maximum absolute atomic E-state index is 5.55. The van der Waals surface area contributed by atoms with Crippen LogP contribution in [-0.2, 0) is 4.74 Å². The van der Waals surface area contributed by atoms with E-state index in [1.54, 1.807) is 6.08 Å². The highest BCUT2D eigenvalue weighted by atomic mass is 16.5. The summed E-state index contributed by atoms with van der Waals surface area (Å²) < 4.78 is 5.55. The van der Waals surface area contributed by atoms with E-state index in [-0.39, 0.29) is 0 Å². The van der Waals surface area contributed by atoms with Crippen molar-refractivity contribution in [3.05, 3.63) is 24.4 Å². The molecule has 2 N–H and O–H groups in total. The van der Waals surface area contributed by atoms with E-state index < -0.39 is 0 Å². The molecule has 1 aromatic rings. The van der Waals surface area contributed by atoms with Crippen LogP contribution < -0.4 is 10.6 Å². The van der Waals surface area contributed by atoms with Crippen LogP contribution in [0, 0.1) is 6.92 Å². The average Bonchev–Trinajstić information content (AvgIpc) is 2.86. The summed E-state index contributed by atoms with van der Waals surface area (Å²) in [4.78, 5) is 8.75. The first-order chi connectivity index (χ1) is 8.78. The Labute approximate surface area is 108 Å². The van der Waals surface area contributed by atoms with Gasteiger partial charge in [-0.2, -0.15) is 4.98 Å². The maximum Gasteiger partial charge on any atom is 0.224 e. The minimum absolute atomic E-state index is 0.290. The standard InChI is InChI=1S/C13H20N4O/c1-3-6-14-12-8-10(2)16-13(17-12)15-9-11-5-4-7-18-11/h3,8,11H,1,4-7,9H2,2H3,(H2,14,15,16,17). The van der Waals surface area contributed by atoms with Gasteiger partial charge in [0.05, 0.1) is 6.10 Å². The lowest BCUT2D eigenvalue weighted by Gasteiger charge is -2.12. The smallest absolute Gasteiger partial charge is 0.224 e. The van der Waals surface area contributed by atoms with Gasteiger partial charge in [0.2, 0.25) is 5.95 Å². The van der Waals surface area contributed by atoms with Gasteiger partial charge in [0.25, 0.3) is 0 Å². The molecule has 1 atom stereocenters. The number of rotatable bonds is 6. The lowest BCUT2D eigenvalue weighted by Crippen LogP contribution is -2.20. The van der Waals surface area contributed by atoms with Crippen molar-refractivity contribution in [2.45, 2.75) is 25.9 Å². The second-order valence-electron chi connectivity index (χ2n) is 4.40. The zero-order valence-electron chi connectivity index (χ0n) is 10.8. The highest BCUT2D eigenvalue weighted by Crippen LogP contribution is 2.14. The molecule has 2 heterocycles. The molecule has 1 aliphatic rings. The number of anilines is 2. The molecule has 1 saturated heterocycles. The summed E-state index contributed by atoms with van der Waals surface area (Å²) in [5.41, 5.74) is 0.936. The lowest BCUT2D eigenvalue weighted by atomic mass is 10.2. The Hall–Kier alpha value is -1.62. The third kappa shape index (κ3) is 3.70. The minimum Gasteiger partial charge on any atom is -0.376 e. The fraction of sp³-hybridized carbons (Fsp3) is 0.538. The number of hydrogen-bond acceptors (Lipinski definition) is 5. The summed E-state index contributed by atoms with van der Waals surface area (Å²) in [7, 11) is 0. The number of hydrogen-bond donors (Lipinski definition) is 2. The van der Waals surface area contributed by atoms with Crippen LogP contribution in [0.4, 0.5) is 11.8 Å². The molecular formula is C13H20N4O. The summed E-state index contributed by atoms with van der Waals surface area (Å²) in [5, 5.41) is 6.39. The first kappa shape index (κ1) is 12.8. The zero-order valence-corrected chi connectivity index (χ0v) is 10.8. The first-order valence-corrected chi connectivity index (χ1v) is 6.34. The van der Waals surface area contributed by atoms with Crippen molar-refractivity contribution in [2.75, 3.05) is 30.3 Å². The van der Waals surface area contributed by atoms with Crippen LogP contribution >= 0.6 is 0 Å². The topological polar surface area (TPSA) is 59.1 Å². The third-order valence-corrected chi connectivity index (χ3v) is 2.79. The number of aryl methyl sites for hydroxylation is 1. The van der Waals surface area contributed by atoms with Crippen LogP contribution in [0.3, 0.4) is 0 Å². The van der Waals surface area contributed by atoms with Crippen LogP contribution in [0.1, 0.15) is 18.5 Å². The predicted molar refractivity (Wildman–Crippen MR) is 72.9 cm³/mol. The molecule has 0 amide bonds. The molecule has 98 valence electrons. The Morgan fingerprint density at radius 1 is 1.50 bits per heavy atom. The number of nitrogens with zero attached hydrogens (tertiary/aromatic N) is 2. The fourth-order valence-electron chi connectivity index (χ4n) is 1.93. The van der Waals surface area contributed by atoms with Gasteiger partial charge in [-0.05, 0) is 19.8 Å². The quantitative estimate of drug-likeness (QED) is 0.754. The molecule has 1 aliphatic heterocycles. The fourth-order valence-corrected chi connectivity index (χ4v) is 1.93. The second-order valence-corrected chi connectivity index (χ2v) is 4.40. The van der Waals surface area contributed by atoms with E-state index in [0.29, 0.717) is 18.6 Å². The summed E-state index contributed by atoms with van der Waals surface area (Å²) in [6.07, 6.45) is 4.35. The van der Waals surface area contributed by atoms with E-state index in [9.17, 15) is 0 Å². The molecule has 0 spiro atoms. The molecule has 1 aromatic heterocycles. The summed E-state index contributed by atoms with van der Waals surface area (Å²) >= 11 is 0. The van der Waals surface area contributed by atoms with Gasteiger partial charge in [-0.3, -0.25) is 0 Å². The number of nitrogens with one attached hydrogen (secondary N) is 2. The Balaban J connectivity index is 1.93. The molecule has 0 aromatic carbocycles. The van der Waals surface area contributed by atoms with Crippen LogP contribution in [0.2, 0.25) is 0 Å². The molecule has 0 saturated carbocycles. The molecule has 5 heteroatoms. The Morgan fingerprint density at radius 3 is 3.11 bits per heavy atom. The molecule has 0 radical (unpaired) electrons. The highest BCUT2D eigenvalue weighted by Gasteiger charge is 2.15. The lowest BCUT2D eigenvalue weighted by molar-refractivity contribution is 0.120. The molecule has 0 aliphatic carbocycles. The molecule has 0 bridgehead atoms. The molecular weight excluding hydrogens is 228 g/mol. The zero-order chi connectivity index (χ0) is 12.8. The Kier molecular flexibility index (Phi) is 4.52. The maximum atomic E-state index is 5.55. The van der Waals surface area contributed by atoms with Gasteiger partial charge in [-0.15, -0.1) is 6.58 Å². The first-order valence-electron chi connectivity index (χ1n) is 6.34. The van der Waals surface area contributed by atoms with Crippen molar-refractivity contribution in [3.8, 4) is 0 Å². The largest absolute Gasteiger partial charge is 0.376 e. The van der Waals surface area contributed by atoms with Gasteiger partial charge < -0.3 is 15.4 Å². The Bertz CT molecular complexity index is 402. The summed E-state index contributed by atoms with van der Waals surface area (Å²) in [6, 6.07) is 1.92. The van der Waals surface area contributed by atoms with E-state index in [2.05, 4.69) is 27.2 Å². The summed E-state index contributed by atoms with van der Waals surface area (Å²) in [6.45, 7) is 7.96. The van der Waals surface area contributed by atoms with Gasteiger partial charge in [-0.25, -0.2) is 4.98 Å². The molecule has 18 heavy (non-hydrogen) atoms. The molecule has 5 nitrogen and oxygen atoms in total. The van der Waals surface area contributed by atoms with E-state index in [1.807, 2.05) is 13.0 Å². The molecule has 1 unspecified atom stereocenters. The van der Waals surface area contributed by atoms with Gasteiger partial charge in [0, 0.05) is 31.5 Å². The predicted octanol–water partition coefficient (Wildman–Crippen LogP) is 1.97. The average molecular weight is 248 g/mol. The van der Waals surface area contributed by atoms with Gasteiger partial charge >= 0.3 is 0 Å². The van der Waals surface area contributed by atoms with Crippen LogP contribution in [0.5, 0.6) is 0 Å². The summed E-state index contributed by atoms with van der Waals surface area (Å²) in [5.74, 6) is 1.47. The number of ether oxygens (including phenoxy) is 1. The van der Waals surface area contributed by atoms with Crippen molar-refractivity contribution in [3.63, 3.8) is 0 Å². The SMILES string of the molecule is C=CCNc1cc(C)nc(NCC2CCCO2)n1. The van der Waals surface area contributed by atoms with E-state index >= 15 is 0 Å². The normalized spacial score (nSPS) is 18.6. The van der Waals surface area contributed by atoms with Crippen molar-refractivity contribution >= 4 is 11.8 Å². The van der Waals surface area contributed by atoms with Crippen LogP contribution in [-0.4, -0.2) is 35.8 Å². The molecule has 2 rings (SSSR count). The van der Waals surface area contributed by atoms with E-state index in [1.165, 1.54) is 0 Å². The van der Waals surface area contributed by atoms with Crippen LogP contribution in [0.15, 0.2) is 18.7 Å². The second kappa shape index (κ2) is 6.35. The number of aromatic nitrogens is 2. The monoisotopic (exact) mass is 248 g/mol. The van der Waals surface area contributed by atoms with Crippen molar-refractivity contribution in [1.29, 1.82) is 0 Å². The molecule has 1 fully saturated rings. The third-order valence-electron chi connectivity index (χ3n) is 2.79. The van der Waals surface area contributed by atoms with Gasteiger partial charge in [0.15, 0.2) is 0 Å².